The zero-order chi connectivity index (χ0) is 26.7. The molecule has 3 aromatic rings. The summed E-state index contributed by atoms with van der Waals surface area (Å²) in [7, 11) is 5.19. The van der Waals surface area contributed by atoms with Gasteiger partial charge in [0.2, 0.25) is 11.8 Å². The Hall–Kier alpha value is -3.14. The normalized spacial score (nSPS) is 14.1. The molecule has 0 bridgehead atoms. The molecular weight excluding hydrogens is 515 g/mol. The summed E-state index contributed by atoms with van der Waals surface area (Å²) in [6.45, 7) is 3.63. The smallest absolute Gasteiger partial charge is 0.261 e. The lowest BCUT2D eigenvalue weighted by molar-refractivity contribution is -0.131. The van der Waals surface area contributed by atoms with Crippen LogP contribution in [0.1, 0.15) is 5.56 Å². The number of hydrogen-bond acceptors (Lipinski definition) is 6. The first-order valence-electron chi connectivity index (χ1n) is 12.0. The first-order valence-corrected chi connectivity index (χ1v) is 12.7. The van der Waals surface area contributed by atoms with Crippen LogP contribution in [0.15, 0.2) is 47.5 Å². The number of fused-ring (bicyclic) bond motifs is 1. The molecule has 0 unspecified atom stereocenters. The molecule has 2 aromatic carbocycles. The second-order valence-corrected chi connectivity index (χ2v) is 10.2. The molecule has 11 heteroatoms. The Morgan fingerprint density at radius 3 is 2.32 bits per heavy atom. The molecule has 9 nitrogen and oxygen atoms in total. The number of benzene rings is 2. The minimum Gasteiger partial charge on any atom is -0.369 e. The largest absolute Gasteiger partial charge is 0.369 e. The molecule has 1 saturated heterocycles. The summed E-state index contributed by atoms with van der Waals surface area (Å²) in [6.07, 6.45) is 1.41. The highest BCUT2D eigenvalue weighted by molar-refractivity contribution is 6.42. The van der Waals surface area contributed by atoms with Crippen LogP contribution >= 0.6 is 23.2 Å². The SMILES string of the molecule is CN(C)C(=O)CN1CCN(c2ccc3ncn(CC(=O)N(C)Cc4ccc(Cl)c(Cl)c4)c(=O)c3c2)CC1. The fourth-order valence-corrected chi connectivity index (χ4v) is 4.54. The molecule has 0 aliphatic carbocycles. The second-order valence-electron chi connectivity index (χ2n) is 9.43. The van der Waals surface area contributed by atoms with Crippen molar-refractivity contribution in [3.63, 3.8) is 0 Å². The predicted molar refractivity (Wildman–Crippen MR) is 146 cm³/mol. The van der Waals surface area contributed by atoms with Gasteiger partial charge >= 0.3 is 0 Å². The molecule has 2 amide bonds. The molecule has 0 atom stereocenters. The summed E-state index contributed by atoms with van der Waals surface area (Å²) in [5, 5.41) is 1.34. The molecule has 37 heavy (non-hydrogen) atoms. The molecular formula is C26H30Cl2N6O3. The molecule has 1 aromatic heterocycles. The molecule has 0 saturated carbocycles. The van der Waals surface area contributed by atoms with Gasteiger partial charge in [-0.3, -0.25) is 23.9 Å². The van der Waals surface area contributed by atoms with Crippen molar-refractivity contribution in [2.75, 3.05) is 58.8 Å². The number of nitrogens with zero attached hydrogens (tertiary/aromatic N) is 6. The maximum Gasteiger partial charge on any atom is 0.261 e. The van der Waals surface area contributed by atoms with Gasteiger partial charge in [-0.1, -0.05) is 29.3 Å². The van der Waals surface area contributed by atoms with Crippen molar-refractivity contribution in [1.82, 2.24) is 24.3 Å². The Morgan fingerprint density at radius 1 is 0.919 bits per heavy atom. The van der Waals surface area contributed by atoms with E-state index in [0.717, 1.165) is 37.4 Å². The van der Waals surface area contributed by atoms with Crippen LogP contribution in [0.2, 0.25) is 10.0 Å². The number of amides is 2. The van der Waals surface area contributed by atoms with Crippen molar-refractivity contribution < 1.29 is 9.59 Å². The third-order valence-electron chi connectivity index (χ3n) is 6.54. The van der Waals surface area contributed by atoms with Crippen LogP contribution in [0.3, 0.4) is 0 Å². The van der Waals surface area contributed by atoms with E-state index in [-0.39, 0.29) is 23.9 Å². The topological polar surface area (TPSA) is 82.0 Å². The summed E-state index contributed by atoms with van der Waals surface area (Å²) in [4.78, 5) is 50.0. The van der Waals surface area contributed by atoms with E-state index in [1.54, 1.807) is 38.2 Å². The molecule has 196 valence electrons. The van der Waals surface area contributed by atoms with Crippen molar-refractivity contribution in [3.8, 4) is 0 Å². The lowest BCUT2D eigenvalue weighted by Gasteiger charge is -2.36. The monoisotopic (exact) mass is 544 g/mol. The molecule has 1 aliphatic heterocycles. The van der Waals surface area contributed by atoms with Gasteiger partial charge in [-0.2, -0.15) is 0 Å². The highest BCUT2D eigenvalue weighted by atomic mass is 35.5. The Balaban J connectivity index is 1.44. The van der Waals surface area contributed by atoms with E-state index in [2.05, 4.69) is 14.8 Å². The zero-order valence-corrected chi connectivity index (χ0v) is 22.7. The fourth-order valence-electron chi connectivity index (χ4n) is 4.22. The van der Waals surface area contributed by atoms with E-state index in [0.29, 0.717) is 34.0 Å². The van der Waals surface area contributed by atoms with Gasteiger partial charge in [0.15, 0.2) is 0 Å². The van der Waals surface area contributed by atoms with Crippen LogP contribution in [0.4, 0.5) is 5.69 Å². The van der Waals surface area contributed by atoms with Crippen LogP contribution < -0.4 is 10.5 Å². The van der Waals surface area contributed by atoms with Crippen LogP contribution in [0.5, 0.6) is 0 Å². The lowest BCUT2D eigenvalue weighted by atomic mass is 10.2. The number of anilines is 1. The second kappa shape index (κ2) is 11.5. The van der Waals surface area contributed by atoms with Crippen LogP contribution in [0, 0.1) is 0 Å². The molecule has 2 heterocycles. The predicted octanol–water partition coefficient (Wildman–Crippen LogP) is 2.57. The van der Waals surface area contributed by atoms with Crippen molar-refractivity contribution in [3.05, 3.63) is 68.7 Å². The van der Waals surface area contributed by atoms with E-state index in [9.17, 15) is 14.4 Å². The van der Waals surface area contributed by atoms with Gasteiger partial charge < -0.3 is 14.7 Å². The summed E-state index contributed by atoms with van der Waals surface area (Å²) >= 11 is 12.1. The Labute approximate surface area is 225 Å². The van der Waals surface area contributed by atoms with Gasteiger partial charge in [0.1, 0.15) is 6.54 Å². The van der Waals surface area contributed by atoms with Crippen LogP contribution in [0.25, 0.3) is 10.9 Å². The molecule has 0 spiro atoms. The first kappa shape index (κ1) is 26.9. The van der Waals surface area contributed by atoms with Crippen molar-refractivity contribution in [2.24, 2.45) is 0 Å². The Morgan fingerprint density at radius 2 is 1.65 bits per heavy atom. The van der Waals surface area contributed by atoms with E-state index in [1.807, 2.05) is 24.3 Å². The molecule has 0 radical (unpaired) electrons. The highest BCUT2D eigenvalue weighted by Crippen LogP contribution is 2.23. The van der Waals surface area contributed by atoms with Gasteiger partial charge in [-0.15, -0.1) is 0 Å². The maximum absolute atomic E-state index is 13.3. The van der Waals surface area contributed by atoms with E-state index < -0.39 is 0 Å². The Bertz CT molecular complexity index is 1370. The standard InChI is InChI=1S/C26H30Cl2N6O3/c1-30(2)24(35)15-32-8-10-33(11-9-32)19-5-7-23-20(13-19)26(37)34(17-29-23)16-25(36)31(3)14-18-4-6-21(27)22(28)12-18/h4-7,12-13,17H,8-11,14-16H2,1-3H3. The minimum absolute atomic E-state index is 0.0861. The zero-order valence-electron chi connectivity index (χ0n) is 21.2. The fraction of sp³-hybridized carbons (Fsp3) is 0.385. The number of rotatable bonds is 7. The number of halogens is 2. The summed E-state index contributed by atoms with van der Waals surface area (Å²) in [6, 6.07) is 10.8. The first-order chi connectivity index (χ1) is 17.6. The lowest BCUT2D eigenvalue weighted by Crippen LogP contribution is -2.49. The third-order valence-corrected chi connectivity index (χ3v) is 7.28. The van der Waals surface area contributed by atoms with Gasteiger partial charge in [0.25, 0.3) is 5.56 Å². The number of aromatic nitrogens is 2. The van der Waals surface area contributed by atoms with Crippen molar-refractivity contribution in [1.29, 1.82) is 0 Å². The highest BCUT2D eigenvalue weighted by Gasteiger charge is 2.21. The van der Waals surface area contributed by atoms with Crippen LogP contribution in [-0.2, 0) is 22.7 Å². The quantitative estimate of drug-likeness (QED) is 0.454. The number of carbonyl (C=O) groups excluding carboxylic acids is 2. The average Bonchev–Trinajstić information content (AvgIpc) is 2.88. The third kappa shape index (κ3) is 6.41. The average molecular weight is 545 g/mol. The molecule has 0 N–H and O–H groups in total. The van der Waals surface area contributed by atoms with Crippen molar-refractivity contribution in [2.45, 2.75) is 13.1 Å². The molecule has 1 fully saturated rings. The molecule has 1 aliphatic rings. The van der Waals surface area contributed by atoms with Crippen molar-refractivity contribution >= 4 is 51.6 Å². The number of likely N-dealkylation sites (N-methyl/N-ethyl adjacent to an activating group) is 2. The summed E-state index contributed by atoms with van der Waals surface area (Å²) in [5.74, 6) is -0.142. The number of piperazine rings is 1. The summed E-state index contributed by atoms with van der Waals surface area (Å²) < 4.78 is 1.34. The van der Waals surface area contributed by atoms with Gasteiger partial charge in [0.05, 0.1) is 33.8 Å². The van der Waals surface area contributed by atoms with E-state index >= 15 is 0 Å². The number of carbonyl (C=O) groups is 2. The van der Waals surface area contributed by atoms with Crippen LogP contribution in [-0.4, -0.2) is 89.9 Å². The van der Waals surface area contributed by atoms with E-state index in [1.165, 1.54) is 15.8 Å². The van der Waals surface area contributed by atoms with Gasteiger partial charge in [-0.05, 0) is 35.9 Å². The number of hydrogen-bond donors (Lipinski definition) is 0. The molecule has 4 rings (SSSR count). The van der Waals surface area contributed by atoms with E-state index in [4.69, 9.17) is 23.2 Å². The van der Waals surface area contributed by atoms with Gasteiger partial charge in [0, 0.05) is 59.6 Å². The minimum atomic E-state index is -0.265. The van der Waals surface area contributed by atoms with Gasteiger partial charge in [-0.25, -0.2) is 4.98 Å². The Kier molecular flexibility index (Phi) is 8.36. The maximum atomic E-state index is 13.3. The summed E-state index contributed by atoms with van der Waals surface area (Å²) in [5.41, 5.74) is 2.08.